The molecule has 0 radical (unpaired) electrons. The molecule has 0 unspecified atom stereocenters. The summed E-state index contributed by atoms with van der Waals surface area (Å²) in [6.45, 7) is 2.03. The van der Waals surface area contributed by atoms with Crippen LogP contribution in [-0.4, -0.2) is 19.5 Å². The van der Waals surface area contributed by atoms with Crippen LogP contribution in [0.2, 0.25) is 0 Å². The number of fused-ring (bicyclic) bond motifs is 3. The Bertz CT molecular complexity index is 3240. The van der Waals surface area contributed by atoms with Gasteiger partial charge in [0.15, 0.2) is 17.5 Å². The van der Waals surface area contributed by atoms with Gasteiger partial charge in [-0.3, -0.25) is 0 Å². The van der Waals surface area contributed by atoms with Gasteiger partial charge in [-0.25, -0.2) is 15.0 Å². The number of rotatable bonds is 7. The average Bonchev–Trinajstić information content (AvgIpc) is 3.64. The molecule has 312 valence electrons. The van der Waals surface area contributed by atoms with Crippen LogP contribution in [0.4, 0.5) is 26.3 Å². The third kappa shape index (κ3) is 7.46. The number of aryl methyl sites for hydroxylation is 1. The monoisotopic (exact) mass is 852 g/mol. The van der Waals surface area contributed by atoms with Gasteiger partial charge in [-0.15, -0.1) is 0 Å². The Balaban J connectivity index is 1.35. The van der Waals surface area contributed by atoms with Crippen molar-refractivity contribution in [3.63, 3.8) is 0 Å². The van der Waals surface area contributed by atoms with Crippen molar-refractivity contribution >= 4 is 21.8 Å². The summed E-state index contributed by atoms with van der Waals surface area (Å²) in [6.07, 6.45) is -9.39. The van der Waals surface area contributed by atoms with Gasteiger partial charge in [0.2, 0.25) is 0 Å². The van der Waals surface area contributed by atoms with Crippen molar-refractivity contribution in [1.82, 2.24) is 19.5 Å². The van der Waals surface area contributed by atoms with Gasteiger partial charge < -0.3 is 4.57 Å². The van der Waals surface area contributed by atoms with Crippen molar-refractivity contribution in [1.29, 1.82) is 0 Å². The zero-order valence-corrected chi connectivity index (χ0v) is 34.0. The molecule has 10 rings (SSSR count). The fourth-order valence-corrected chi connectivity index (χ4v) is 8.39. The van der Waals surface area contributed by atoms with E-state index in [2.05, 4.69) is 6.07 Å². The van der Waals surface area contributed by atoms with Gasteiger partial charge in [-0.2, -0.15) is 26.3 Å². The van der Waals surface area contributed by atoms with E-state index >= 15 is 0 Å². The SMILES string of the molecule is Cc1ccccc1-c1ccc2c(c1)c1ccccc1n2-c1c(-c2cccc(C(F)(F)F)c2)cc(-c2nc(-c3ccccc3)nc(-c3ccccc3)n2)cc1-c1cccc(C(F)(F)F)c1. The summed E-state index contributed by atoms with van der Waals surface area (Å²) < 4.78 is 89.5. The highest BCUT2D eigenvalue weighted by Crippen LogP contribution is 2.46. The molecular formula is C54H34F6N4. The lowest BCUT2D eigenvalue weighted by Gasteiger charge is -2.22. The van der Waals surface area contributed by atoms with E-state index in [4.69, 9.17) is 15.0 Å². The largest absolute Gasteiger partial charge is 0.416 e. The molecule has 0 fully saturated rings. The van der Waals surface area contributed by atoms with Crippen LogP contribution in [0.5, 0.6) is 0 Å². The van der Waals surface area contributed by atoms with Crippen LogP contribution in [0.3, 0.4) is 0 Å². The molecule has 2 heterocycles. The topological polar surface area (TPSA) is 43.6 Å². The Morgan fingerprint density at radius 3 is 1.36 bits per heavy atom. The van der Waals surface area contributed by atoms with Crippen molar-refractivity contribution < 1.29 is 26.3 Å². The van der Waals surface area contributed by atoms with Crippen molar-refractivity contribution in [3.05, 3.63) is 205 Å². The highest BCUT2D eigenvalue weighted by Gasteiger charge is 2.33. The van der Waals surface area contributed by atoms with Gasteiger partial charge in [-0.1, -0.05) is 133 Å². The number of nitrogens with zero attached hydrogens (tertiary/aromatic N) is 4. The molecule has 2 aromatic heterocycles. The first-order valence-corrected chi connectivity index (χ1v) is 20.4. The van der Waals surface area contributed by atoms with E-state index in [0.717, 1.165) is 51.7 Å². The van der Waals surface area contributed by atoms with Crippen LogP contribution >= 0.6 is 0 Å². The minimum Gasteiger partial charge on any atom is -0.308 e. The zero-order valence-electron chi connectivity index (χ0n) is 34.0. The molecule has 0 aliphatic rings. The van der Waals surface area contributed by atoms with Gasteiger partial charge in [0, 0.05) is 38.6 Å². The molecule has 0 atom stereocenters. The average molecular weight is 853 g/mol. The number of aromatic nitrogens is 4. The smallest absolute Gasteiger partial charge is 0.308 e. The van der Waals surface area contributed by atoms with Crippen LogP contribution in [-0.2, 0) is 12.4 Å². The number of para-hydroxylation sites is 1. The summed E-state index contributed by atoms with van der Waals surface area (Å²) in [5, 5.41) is 1.70. The molecule has 4 nitrogen and oxygen atoms in total. The summed E-state index contributed by atoms with van der Waals surface area (Å²) in [4.78, 5) is 14.7. The van der Waals surface area contributed by atoms with E-state index in [9.17, 15) is 26.3 Å². The molecule has 0 saturated heterocycles. The first-order valence-electron chi connectivity index (χ1n) is 20.4. The van der Waals surface area contributed by atoms with Crippen molar-refractivity contribution in [3.8, 4) is 73.2 Å². The predicted octanol–water partition coefficient (Wildman–Crippen LogP) is 15.3. The second kappa shape index (κ2) is 15.8. The fraction of sp³-hybridized carbons (Fsp3) is 0.0556. The molecule has 0 bridgehead atoms. The molecule has 8 aromatic carbocycles. The van der Waals surface area contributed by atoms with E-state index in [1.54, 1.807) is 24.3 Å². The van der Waals surface area contributed by atoms with Crippen LogP contribution in [0, 0.1) is 6.92 Å². The number of halogens is 6. The second-order valence-electron chi connectivity index (χ2n) is 15.5. The molecule has 0 aliphatic carbocycles. The Morgan fingerprint density at radius 2 is 0.812 bits per heavy atom. The minimum atomic E-state index is -4.69. The van der Waals surface area contributed by atoms with Crippen molar-refractivity contribution in [2.45, 2.75) is 19.3 Å². The Labute approximate surface area is 363 Å². The molecule has 64 heavy (non-hydrogen) atoms. The van der Waals surface area contributed by atoms with Gasteiger partial charge >= 0.3 is 12.4 Å². The lowest BCUT2D eigenvalue weighted by atomic mass is 9.91. The van der Waals surface area contributed by atoms with Gasteiger partial charge in [0.25, 0.3) is 0 Å². The Morgan fingerprint density at radius 1 is 0.359 bits per heavy atom. The molecule has 0 N–H and O–H groups in total. The van der Waals surface area contributed by atoms with Crippen molar-refractivity contribution in [2.24, 2.45) is 0 Å². The third-order valence-corrected chi connectivity index (χ3v) is 11.4. The molecule has 0 spiro atoms. The van der Waals surface area contributed by atoms with E-state index in [0.29, 0.717) is 56.2 Å². The maximum atomic E-state index is 14.6. The minimum absolute atomic E-state index is 0.172. The Hall–Kier alpha value is -7.85. The van der Waals surface area contributed by atoms with E-state index in [-0.39, 0.29) is 17.0 Å². The first-order chi connectivity index (χ1) is 30.9. The molecule has 10 aromatic rings. The summed E-state index contributed by atoms with van der Waals surface area (Å²) in [5.41, 5.74) is 5.77. The fourth-order valence-electron chi connectivity index (χ4n) is 8.39. The lowest BCUT2D eigenvalue weighted by molar-refractivity contribution is -0.138. The normalized spacial score (nSPS) is 12.0. The highest BCUT2D eigenvalue weighted by atomic mass is 19.4. The predicted molar refractivity (Wildman–Crippen MR) is 242 cm³/mol. The molecule has 0 aliphatic heterocycles. The first kappa shape index (κ1) is 40.2. The maximum absolute atomic E-state index is 14.6. The summed E-state index contributed by atoms with van der Waals surface area (Å²) in [6, 6.07) is 53.7. The lowest BCUT2D eigenvalue weighted by Crippen LogP contribution is -2.07. The van der Waals surface area contributed by atoms with E-state index in [1.165, 1.54) is 12.1 Å². The van der Waals surface area contributed by atoms with E-state index in [1.807, 2.05) is 133 Å². The molecule has 0 amide bonds. The summed E-state index contributed by atoms with van der Waals surface area (Å²) in [5.74, 6) is 0.842. The van der Waals surface area contributed by atoms with Gasteiger partial charge in [0.05, 0.1) is 27.8 Å². The van der Waals surface area contributed by atoms with Crippen LogP contribution in [0.15, 0.2) is 188 Å². The number of alkyl halides is 6. The quantitative estimate of drug-likeness (QED) is 0.150. The summed E-state index contributed by atoms with van der Waals surface area (Å²) in [7, 11) is 0. The van der Waals surface area contributed by atoms with Crippen molar-refractivity contribution in [2.75, 3.05) is 0 Å². The van der Waals surface area contributed by atoms with Crippen LogP contribution < -0.4 is 0 Å². The Kier molecular flexibility index (Phi) is 9.94. The zero-order chi connectivity index (χ0) is 44.2. The highest BCUT2D eigenvalue weighted by molar-refractivity contribution is 6.12. The number of benzene rings is 8. The number of hydrogen-bond acceptors (Lipinski definition) is 3. The van der Waals surface area contributed by atoms with E-state index < -0.39 is 23.5 Å². The van der Waals surface area contributed by atoms with Gasteiger partial charge in [0.1, 0.15) is 0 Å². The molecular weight excluding hydrogens is 819 g/mol. The molecule has 10 heteroatoms. The summed E-state index contributed by atoms with van der Waals surface area (Å²) >= 11 is 0. The maximum Gasteiger partial charge on any atom is 0.416 e. The number of hydrogen-bond donors (Lipinski definition) is 0. The van der Waals surface area contributed by atoms with Gasteiger partial charge in [-0.05, 0) is 89.3 Å². The van der Waals surface area contributed by atoms with Crippen LogP contribution in [0.25, 0.3) is 95.0 Å². The molecule has 0 saturated carbocycles. The third-order valence-electron chi connectivity index (χ3n) is 11.4. The second-order valence-corrected chi connectivity index (χ2v) is 15.5. The standard InChI is InChI=1S/C54H34F6N4/c1-33-14-8-9-23-42(33)38-26-27-48-46(30-38)43-24-10-11-25-47(43)64(48)49-44(36-19-12-21-40(28-36)53(55,56)57)31-39(32-45(49)37-20-13-22-41(29-37)54(58,59)60)52-62-50(34-15-4-2-5-16-34)61-51(63-52)35-17-6-3-7-18-35/h2-32H,1H3. The van der Waals surface area contributed by atoms with Crippen LogP contribution in [0.1, 0.15) is 16.7 Å².